The molecule has 0 fully saturated rings. The van der Waals surface area contributed by atoms with Gasteiger partial charge in [0.1, 0.15) is 0 Å². The van der Waals surface area contributed by atoms with Crippen molar-refractivity contribution in [2.75, 3.05) is 0 Å². The van der Waals surface area contributed by atoms with Gasteiger partial charge in [-0.3, -0.25) is 0 Å². The van der Waals surface area contributed by atoms with Crippen LogP contribution in [-0.4, -0.2) is 0 Å². The molecule has 0 heteroatoms. The smallest absolute Gasteiger partial charge is 0.0261 e. The minimum atomic E-state index is 0.692. The molecule has 0 nitrogen and oxygen atoms in total. The van der Waals surface area contributed by atoms with Gasteiger partial charge < -0.3 is 0 Å². The maximum atomic E-state index is 4.09. The Kier molecular flexibility index (Phi) is 8.46. The van der Waals surface area contributed by atoms with Gasteiger partial charge in [-0.05, 0) is 24.7 Å². The number of hydrogen-bond donors (Lipinski definition) is 0. The molecule has 0 aliphatic heterocycles. The van der Waals surface area contributed by atoms with E-state index < -0.39 is 0 Å². The van der Waals surface area contributed by atoms with E-state index >= 15 is 0 Å². The van der Waals surface area contributed by atoms with Gasteiger partial charge in [-0.25, -0.2) is 0 Å². The fourth-order valence-electron chi connectivity index (χ4n) is 1.42. The Morgan fingerprint density at radius 2 is 1.87 bits per heavy atom. The van der Waals surface area contributed by atoms with E-state index in [-0.39, 0.29) is 0 Å². The molecule has 0 N–H and O–H groups in total. The Balaban J connectivity index is 3.53. The fourth-order valence-corrected chi connectivity index (χ4v) is 1.42. The molecule has 1 unspecified atom stereocenters. The van der Waals surface area contributed by atoms with Crippen LogP contribution in [0, 0.1) is 11.8 Å². The number of hydrogen-bond acceptors (Lipinski definition) is 0. The zero-order valence-electron chi connectivity index (χ0n) is 11.1. The summed E-state index contributed by atoms with van der Waals surface area (Å²) in [6.45, 7) is 13.1. The first-order valence-corrected chi connectivity index (χ1v) is 6.42. The van der Waals surface area contributed by atoms with E-state index in [1.807, 2.05) is 0 Å². The monoisotopic (exact) mass is 208 g/mol. The molecule has 88 valence electrons. The topological polar surface area (TPSA) is 0 Å². The van der Waals surface area contributed by atoms with Crippen LogP contribution in [0.2, 0.25) is 0 Å². The standard InChI is InChI=1S/C15H28/c1-6-14(4)11-12-15(5)10-8-7-9-13(2)3/h11-14H,5-10H2,1-4H3/b12-11-. The highest BCUT2D eigenvalue weighted by molar-refractivity contribution is 5.14. The van der Waals surface area contributed by atoms with Crippen molar-refractivity contribution in [2.45, 2.75) is 59.8 Å². The average molecular weight is 208 g/mol. The lowest BCUT2D eigenvalue weighted by Crippen LogP contribution is -1.88. The molecule has 0 aliphatic rings. The first-order valence-electron chi connectivity index (χ1n) is 6.42. The van der Waals surface area contributed by atoms with Gasteiger partial charge in [0.05, 0.1) is 0 Å². The molecule has 15 heavy (non-hydrogen) atoms. The molecule has 0 heterocycles. The second-order valence-electron chi connectivity index (χ2n) is 5.04. The number of rotatable bonds is 8. The molecule has 0 aromatic carbocycles. The highest BCUT2D eigenvalue weighted by Gasteiger charge is 1.96. The van der Waals surface area contributed by atoms with Gasteiger partial charge in [-0.1, -0.05) is 71.3 Å². The highest BCUT2D eigenvalue weighted by Crippen LogP contribution is 2.13. The molecule has 0 amide bonds. The molecular formula is C15H28. The zero-order chi connectivity index (χ0) is 11.7. The molecule has 0 spiro atoms. The van der Waals surface area contributed by atoms with Crippen LogP contribution < -0.4 is 0 Å². The van der Waals surface area contributed by atoms with Gasteiger partial charge in [0, 0.05) is 0 Å². The zero-order valence-corrected chi connectivity index (χ0v) is 11.1. The minimum Gasteiger partial charge on any atom is -0.0958 e. The van der Waals surface area contributed by atoms with Crippen LogP contribution in [0.3, 0.4) is 0 Å². The van der Waals surface area contributed by atoms with Crippen LogP contribution in [0.5, 0.6) is 0 Å². The maximum absolute atomic E-state index is 4.09. The summed E-state index contributed by atoms with van der Waals surface area (Å²) in [7, 11) is 0. The molecule has 0 aromatic rings. The average Bonchev–Trinajstić information content (AvgIpc) is 2.20. The highest BCUT2D eigenvalue weighted by atomic mass is 14.0. The number of unbranched alkanes of at least 4 members (excludes halogenated alkanes) is 1. The predicted octanol–water partition coefficient (Wildman–Crippen LogP) is 5.36. The predicted molar refractivity (Wildman–Crippen MR) is 71.0 cm³/mol. The van der Waals surface area contributed by atoms with Crippen molar-refractivity contribution in [3.05, 3.63) is 24.3 Å². The molecule has 0 saturated heterocycles. The molecule has 0 bridgehead atoms. The molecular weight excluding hydrogens is 180 g/mol. The summed E-state index contributed by atoms with van der Waals surface area (Å²) in [5.74, 6) is 1.53. The maximum Gasteiger partial charge on any atom is -0.0261 e. The van der Waals surface area contributed by atoms with Gasteiger partial charge in [0.25, 0.3) is 0 Å². The lowest BCUT2D eigenvalue weighted by atomic mass is 10.0. The summed E-state index contributed by atoms with van der Waals surface area (Å²) in [5, 5.41) is 0. The van der Waals surface area contributed by atoms with E-state index in [1.165, 1.54) is 37.7 Å². The van der Waals surface area contributed by atoms with E-state index in [0.29, 0.717) is 5.92 Å². The van der Waals surface area contributed by atoms with Crippen LogP contribution in [0.25, 0.3) is 0 Å². The third kappa shape index (κ3) is 9.78. The fraction of sp³-hybridized carbons (Fsp3) is 0.733. The largest absolute Gasteiger partial charge is 0.0958 e. The van der Waals surface area contributed by atoms with Gasteiger partial charge in [-0.2, -0.15) is 0 Å². The second-order valence-corrected chi connectivity index (χ2v) is 5.04. The van der Waals surface area contributed by atoms with Gasteiger partial charge in [-0.15, -0.1) is 0 Å². The van der Waals surface area contributed by atoms with E-state index in [2.05, 4.69) is 46.4 Å². The summed E-state index contributed by atoms with van der Waals surface area (Å²) in [6.07, 6.45) is 10.9. The van der Waals surface area contributed by atoms with Crippen LogP contribution in [0.4, 0.5) is 0 Å². The summed E-state index contributed by atoms with van der Waals surface area (Å²) in [5.41, 5.74) is 1.29. The van der Waals surface area contributed by atoms with Crippen molar-refractivity contribution in [1.82, 2.24) is 0 Å². The van der Waals surface area contributed by atoms with Crippen LogP contribution in [-0.2, 0) is 0 Å². The van der Waals surface area contributed by atoms with Crippen molar-refractivity contribution in [3.8, 4) is 0 Å². The van der Waals surface area contributed by atoms with Crippen molar-refractivity contribution in [2.24, 2.45) is 11.8 Å². The van der Waals surface area contributed by atoms with E-state index in [1.54, 1.807) is 0 Å². The van der Waals surface area contributed by atoms with Crippen molar-refractivity contribution in [1.29, 1.82) is 0 Å². The molecule has 0 radical (unpaired) electrons. The summed E-state index contributed by atoms with van der Waals surface area (Å²) in [6, 6.07) is 0. The second kappa shape index (κ2) is 8.76. The number of allylic oxidation sites excluding steroid dienone is 3. The Labute approximate surface area is 96.5 Å². The Morgan fingerprint density at radius 1 is 1.20 bits per heavy atom. The van der Waals surface area contributed by atoms with E-state index in [4.69, 9.17) is 0 Å². The van der Waals surface area contributed by atoms with Gasteiger partial charge in [0.2, 0.25) is 0 Å². The molecule has 1 atom stereocenters. The Hall–Kier alpha value is -0.520. The van der Waals surface area contributed by atoms with Gasteiger partial charge >= 0.3 is 0 Å². The van der Waals surface area contributed by atoms with Crippen molar-refractivity contribution >= 4 is 0 Å². The first-order chi connectivity index (χ1) is 7.06. The Bertz CT molecular complexity index is 186. The van der Waals surface area contributed by atoms with Crippen molar-refractivity contribution in [3.63, 3.8) is 0 Å². The third-order valence-corrected chi connectivity index (χ3v) is 2.83. The van der Waals surface area contributed by atoms with E-state index in [9.17, 15) is 0 Å². The molecule has 0 aliphatic carbocycles. The molecule has 0 aromatic heterocycles. The molecule has 0 rings (SSSR count). The summed E-state index contributed by atoms with van der Waals surface area (Å²) >= 11 is 0. The lowest BCUT2D eigenvalue weighted by molar-refractivity contribution is 0.538. The summed E-state index contributed by atoms with van der Waals surface area (Å²) in [4.78, 5) is 0. The normalized spacial score (nSPS) is 13.7. The third-order valence-electron chi connectivity index (χ3n) is 2.83. The van der Waals surface area contributed by atoms with Crippen molar-refractivity contribution < 1.29 is 0 Å². The first kappa shape index (κ1) is 14.5. The Morgan fingerprint density at radius 3 is 2.40 bits per heavy atom. The lowest BCUT2D eigenvalue weighted by Gasteiger charge is -2.05. The van der Waals surface area contributed by atoms with Crippen LogP contribution >= 0.6 is 0 Å². The summed E-state index contributed by atoms with van der Waals surface area (Å²) < 4.78 is 0. The molecule has 0 saturated carbocycles. The van der Waals surface area contributed by atoms with E-state index in [0.717, 1.165) is 5.92 Å². The van der Waals surface area contributed by atoms with Crippen LogP contribution in [0.1, 0.15) is 59.8 Å². The van der Waals surface area contributed by atoms with Gasteiger partial charge in [0.15, 0.2) is 0 Å². The quantitative estimate of drug-likeness (QED) is 0.372. The minimum absolute atomic E-state index is 0.692. The SMILES string of the molecule is C=C(/C=C\C(C)CC)CCCCC(C)C. The van der Waals surface area contributed by atoms with Crippen LogP contribution in [0.15, 0.2) is 24.3 Å².